The van der Waals surface area contributed by atoms with E-state index in [4.69, 9.17) is 0 Å². The fraction of sp³-hybridized carbons (Fsp3) is 0.500. The SMILES string of the molecule is CC(C)(C)[Si]1(Cc2ccccn2)CCC(CCc2ccccc2)C1. The van der Waals surface area contributed by atoms with E-state index in [1.54, 1.807) is 0 Å². The van der Waals surface area contributed by atoms with E-state index in [9.17, 15) is 0 Å². The Morgan fingerprint density at radius 3 is 2.46 bits per heavy atom. The van der Waals surface area contributed by atoms with Gasteiger partial charge in [-0.25, -0.2) is 0 Å². The molecule has 128 valence electrons. The first-order chi connectivity index (χ1) is 11.5. The molecule has 1 fully saturated rings. The molecule has 1 saturated heterocycles. The molecule has 0 amide bonds. The van der Waals surface area contributed by atoms with Gasteiger partial charge in [0.15, 0.2) is 0 Å². The van der Waals surface area contributed by atoms with E-state index in [2.05, 4.69) is 68.2 Å². The monoisotopic (exact) mass is 337 g/mol. The van der Waals surface area contributed by atoms with E-state index >= 15 is 0 Å². The van der Waals surface area contributed by atoms with Crippen LogP contribution >= 0.6 is 0 Å². The van der Waals surface area contributed by atoms with Crippen molar-refractivity contribution in [3.05, 3.63) is 66.0 Å². The maximum Gasteiger partial charge on any atom is 0.0653 e. The Balaban J connectivity index is 1.68. The average Bonchev–Trinajstić information content (AvgIpc) is 2.99. The van der Waals surface area contributed by atoms with Crippen molar-refractivity contribution in [3.8, 4) is 0 Å². The molecule has 0 radical (unpaired) electrons. The molecule has 2 unspecified atom stereocenters. The predicted molar refractivity (Wildman–Crippen MR) is 106 cm³/mol. The van der Waals surface area contributed by atoms with Gasteiger partial charge in [-0.15, -0.1) is 0 Å². The van der Waals surface area contributed by atoms with Gasteiger partial charge in [0.1, 0.15) is 0 Å². The molecule has 2 aromatic rings. The van der Waals surface area contributed by atoms with Crippen molar-refractivity contribution in [2.45, 2.75) is 63.2 Å². The van der Waals surface area contributed by atoms with Gasteiger partial charge in [0, 0.05) is 11.9 Å². The number of nitrogens with zero attached hydrogens (tertiary/aromatic N) is 1. The summed E-state index contributed by atoms with van der Waals surface area (Å²) < 4.78 is 0. The second kappa shape index (κ2) is 7.22. The van der Waals surface area contributed by atoms with E-state index < -0.39 is 8.07 Å². The smallest absolute Gasteiger partial charge is 0.0653 e. The highest BCUT2D eigenvalue weighted by Crippen LogP contribution is 2.52. The molecule has 0 spiro atoms. The van der Waals surface area contributed by atoms with Crippen molar-refractivity contribution in [2.75, 3.05) is 0 Å². The predicted octanol–water partition coefficient (Wildman–Crippen LogP) is 6.06. The first kappa shape index (κ1) is 17.4. The second-order valence-electron chi connectivity index (χ2n) is 8.66. The van der Waals surface area contributed by atoms with Crippen LogP contribution in [0.25, 0.3) is 0 Å². The quantitative estimate of drug-likeness (QED) is 0.604. The van der Waals surface area contributed by atoms with Crippen molar-refractivity contribution in [2.24, 2.45) is 5.92 Å². The summed E-state index contributed by atoms with van der Waals surface area (Å²) in [7, 11) is -1.34. The molecule has 2 atom stereocenters. The third kappa shape index (κ3) is 3.97. The molecule has 0 N–H and O–H groups in total. The van der Waals surface area contributed by atoms with Gasteiger partial charge in [-0.2, -0.15) is 0 Å². The molecule has 0 bridgehead atoms. The Morgan fingerprint density at radius 1 is 1.04 bits per heavy atom. The fourth-order valence-corrected chi connectivity index (χ4v) is 10.3. The normalized spacial score (nSPS) is 24.2. The third-order valence-electron chi connectivity index (χ3n) is 6.23. The van der Waals surface area contributed by atoms with Crippen molar-refractivity contribution in [1.82, 2.24) is 4.98 Å². The molecule has 1 nitrogen and oxygen atoms in total. The first-order valence-electron chi connectivity index (χ1n) is 9.42. The van der Waals surface area contributed by atoms with Crippen molar-refractivity contribution < 1.29 is 0 Å². The Bertz CT molecular complexity index is 632. The highest BCUT2D eigenvalue weighted by Gasteiger charge is 2.49. The first-order valence-corrected chi connectivity index (χ1v) is 12.0. The van der Waals surface area contributed by atoms with E-state index in [0.29, 0.717) is 5.04 Å². The zero-order chi connectivity index (χ0) is 17.0. The number of aryl methyl sites for hydroxylation is 1. The van der Waals surface area contributed by atoms with Crippen molar-refractivity contribution in [1.29, 1.82) is 0 Å². The van der Waals surface area contributed by atoms with Gasteiger partial charge in [-0.3, -0.25) is 4.98 Å². The van der Waals surface area contributed by atoms with Crippen LogP contribution in [0, 0.1) is 5.92 Å². The summed E-state index contributed by atoms with van der Waals surface area (Å²) in [5.41, 5.74) is 2.82. The highest BCUT2D eigenvalue weighted by molar-refractivity contribution is 6.82. The lowest BCUT2D eigenvalue weighted by Crippen LogP contribution is -2.44. The van der Waals surface area contributed by atoms with Crippen LogP contribution in [0.2, 0.25) is 17.1 Å². The van der Waals surface area contributed by atoms with Gasteiger partial charge in [0.2, 0.25) is 0 Å². The minimum atomic E-state index is -1.34. The molecule has 2 heteroatoms. The number of aromatic nitrogens is 1. The number of hydrogen-bond donors (Lipinski definition) is 0. The molecule has 0 aliphatic carbocycles. The summed E-state index contributed by atoms with van der Waals surface area (Å²) >= 11 is 0. The Hall–Kier alpha value is -1.41. The minimum Gasteiger partial charge on any atom is -0.262 e. The number of pyridine rings is 1. The van der Waals surface area contributed by atoms with Crippen molar-refractivity contribution >= 4 is 8.07 Å². The Kier molecular flexibility index (Phi) is 5.24. The van der Waals surface area contributed by atoms with Crippen LogP contribution in [0.5, 0.6) is 0 Å². The van der Waals surface area contributed by atoms with Crippen LogP contribution in [0.3, 0.4) is 0 Å². The van der Waals surface area contributed by atoms with Crippen molar-refractivity contribution in [3.63, 3.8) is 0 Å². The van der Waals surface area contributed by atoms with Crippen LogP contribution in [0.1, 0.15) is 44.9 Å². The molecular formula is C22H31NSi. The Morgan fingerprint density at radius 2 is 1.79 bits per heavy atom. The lowest BCUT2D eigenvalue weighted by molar-refractivity contribution is 0.536. The number of benzene rings is 1. The minimum absolute atomic E-state index is 0.464. The molecule has 1 aliphatic rings. The third-order valence-corrected chi connectivity index (χ3v) is 13.1. The summed E-state index contributed by atoms with van der Waals surface area (Å²) in [6.45, 7) is 7.46. The van der Waals surface area contributed by atoms with Crippen LogP contribution < -0.4 is 0 Å². The topological polar surface area (TPSA) is 12.9 Å². The summed E-state index contributed by atoms with van der Waals surface area (Å²) in [6, 6.07) is 21.6. The molecule has 1 aliphatic heterocycles. The molecule has 1 aromatic carbocycles. The molecule has 24 heavy (non-hydrogen) atoms. The second-order valence-corrected chi connectivity index (χ2v) is 14.0. The van der Waals surface area contributed by atoms with Gasteiger partial charge in [-0.05, 0) is 47.5 Å². The van der Waals surface area contributed by atoms with Crippen LogP contribution in [-0.4, -0.2) is 13.1 Å². The summed E-state index contributed by atoms with van der Waals surface area (Å²) in [5, 5.41) is 0.464. The Labute approximate surface area is 148 Å². The zero-order valence-corrected chi connectivity index (χ0v) is 16.5. The van der Waals surface area contributed by atoms with E-state index in [0.717, 1.165) is 5.92 Å². The molecule has 3 rings (SSSR count). The molecule has 0 saturated carbocycles. The lowest BCUT2D eigenvalue weighted by Gasteiger charge is -2.40. The van der Waals surface area contributed by atoms with Gasteiger partial charge in [-0.1, -0.05) is 75.7 Å². The molecule has 1 aromatic heterocycles. The highest BCUT2D eigenvalue weighted by atomic mass is 28.3. The standard InChI is InChI=1S/C22H31NSi/c1-22(2,3)24(18-21-11-7-8-15-23-21)16-14-20(17-24)13-12-19-9-5-4-6-10-19/h4-11,15,20H,12-14,16-18H2,1-3H3. The van der Waals surface area contributed by atoms with Gasteiger partial charge in [0.05, 0.1) is 8.07 Å². The largest absolute Gasteiger partial charge is 0.262 e. The average molecular weight is 338 g/mol. The van der Waals surface area contributed by atoms with Crippen LogP contribution in [0.15, 0.2) is 54.7 Å². The van der Waals surface area contributed by atoms with E-state index in [1.807, 2.05) is 12.3 Å². The summed E-state index contributed by atoms with van der Waals surface area (Å²) in [5.74, 6) is 0.916. The van der Waals surface area contributed by atoms with E-state index in [-0.39, 0.29) is 0 Å². The summed E-state index contributed by atoms with van der Waals surface area (Å²) in [4.78, 5) is 4.65. The van der Waals surface area contributed by atoms with Gasteiger partial charge < -0.3 is 0 Å². The molecule has 2 heterocycles. The van der Waals surface area contributed by atoms with Crippen LogP contribution in [0.4, 0.5) is 0 Å². The summed E-state index contributed by atoms with van der Waals surface area (Å²) in [6.07, 6.45) is 5.99. The number of rotatable bonds is 5. The van der Waals surface area contributed by atoms with E-state index in [1.165, 1.54) is 48.7 Å². The fourth-order valence-electron chi connectivity index (χ4n) is 4.46. The zero-order valence-electron chi connectivity index (χ0n) is 15.5. The van der Waals surface area contributed by atoms with Crippen LogP contribution in [-0.2, 0) is 12.5 Å². The maximum atomic E-state index is 4.65. The lowest BCUT2D eigenvalue weighted by atomic mass is 9.99. The number of hydrogen-bond acceptors (Lipinski definition) is 1. The van der Waals surface area contributed by atoms with Gasteiger partial charge in [0.25, 0.3) is 0 Å². The van der Waals surface area contributed by atoms with Gasteiger partial charge >= 0.3 is 0 Å². The molecular weight excluding hydrogens is 306 g/mol. The maximum absolute atomic E-state index is 4.65.